The van der Waals surface area contributed by atoms with E-state index in [1.165, 1.54) is 12.2 Å². The molecule has 1 heterocycles. The molecule has 0 radical (unpaired) electrons. The first-order chi connectivity index (χ1) is 9.33. The number of pyridine rings is 1. The monoisotopic (exact) mass is 295 g/mol. The summed E-state index contributed by atoms with van der Waals surface area (Å²) in [4.78, 5) is 7.04. The van der Waals surface area contributed by atoms with Crippen LogP contribution in [-0.2, 0) is 6.54 Å². The number of thioether (sulfide) groups is 1. The van der Waals surface area contributed by atoms with Gasteiger partial charge in [0.1, 0.15) is 5.82 Å². The van der Waals surface area contributed by atoms with Gasteiger partial charge in [-0.25, -0.2) is 4.98 Å². The van der Waals surface area contributed by atoms with Crippen molar-refractivity contribution in [2.24, 2.45) is 0 Å². The Morgan fingerprint density at radius 3 is 2.65 bits per heavy atom. The molecule has 0 saturated carbocycles. The molecular formula is C16H29N3S. The van der Waals surface area contributed by atoms with Crippen LogP contribution < -0.4 is 10.2 Å². The Labute approximate surface area is 128 Å². The molecule has 114 valence electrons. The topological polar surface area (TPSA) is 28.2 Å². The number of anilines is 1. The molecule has 0 spiro atoms. The highest BCUT2D eigenvalue weighted by molar-refractivity contribution is 7.98. The number of nitrogens with zero attached hydrogens (tertiary/aromatic N) is 2. The van der Waals surface area contributed by atoms with E-state index < -0.39 is 0 Å². The molecular weight excluding hydrogens is 266 g/mol. The second-order valence-corrected chi connectivity index (χ2v) is 7.32. The van der Waals surface area contributed by atoms with Gasteiger partial charge in [0.15, 0.2) is 0 Å². The average Bonchev–Trinajstić information content (AvgIpc) is 2.41. The van der Waals surface area contributed by atoms with E-state index in [0.29, 0.717) is 6.04 Å². The van der Waals surface area contributed by atoms with E-state index in [-0.39, 0.29) is 5.54 Å². The fourth-order valence-corrected chi connectivity index (χ4v) is 2.40. The Hall–Kier alpha value is -0.740. The molecule has 0 bridgehead atoms. The van der Waals surface area contributed by atoms with Crippen molar-refractivity contribution >= 4 is 17.6 Å². The van der Waals surface area contributed by atoms with E-state index in [4.69, 9.17) is 4.98 Å². The lowest BCUT2D eigenvalue weighted by molar-refractivity contribution is 0.421. The molecule has 4 heteroatoms. The summed E-state index contributed by atoms with van der Waals surface area (Å²) in [5.41, 5.74) is 1.22. The highest BCUT2D eigenvalue weighted by atomic mass is 32.2. The van der Waals surface area contributed by atoms with Crippen LogP contribution in [0.2, 0.25) is 0 Å². The molecule has 20 heavy (non-hydrogen) atoms. The van der Waals surface area contributed by atoms with Gasteiger partial charge in [-0.15, -0.1) is 0 Å². The maximum atomic E-state index is 4.76. The van der Waals surface area contributed by atoms with E-state index in [0.717, 1.165) is 18.1 Å². The molecule has 0 fully saturated rings. The Kier molecular flexibility index (Phi) is 6.83. The van der Waals surface area contributed by atoms with Crippen molar-refractivity contribution in [2.45, 2.75) is 52.2 Å². The number of hydrogen-bond acceptors (Lipinski definition) is 4. The van der Waals surface area contributed by atoms with Crippen molar-refractivity contribution in [3.8, 4) is 0 Å². The van der Waals surface area contributed by atoms with Crippen LogP contribution in [-0.4, -0.2) is 35.6 Å². The normalized spacial score (nSPS) is 13.3. The minimum absolute atomic E-state index is 0.120. The summed E-state index contributed by atoms with van der Waals surface area (Å²) in [6.45, 7) is 9.59. The molecule has 0 aliphatic rings. The molecule has 0 amide bonds. The third kappa shape index (κ3) is 6.14. The van der Waals surface area contributed by atoms with Gasteiger partial charge in [-0.05, 0) is 58.3 Å². The molecule has 3 nitrogen and oxygen atoms in total. The van der Waals surface area contributed by atoms with Crippen molar-refractivity contribution in [3.63, 3.8) is 0 Å². The van der Waals surface area contributed by atoms with Crippen LogP contribution in [0.4, 0.5) is 5.82 Å². The van der Waals surface area contributed by atoms with Crippen molar-refractivity contribution in [1.29, 1.82) is 0 Å². The van der Waals surface area contributed by atoms with Gasteiger partial charge < -0.3 is 10.2 Å². The first kappa shape index (κ1) is 17.3. The van der Waals surface area contributed by atoms with E-state index in [2.05, 4.69) is 69.4 Å². The summed E-state index contributed by atoms with van der Waals surface area (Å²) in [5, 5.41) is 3.48. The molecule has 1 aromatic rings. The van der Waals surface area contributed by atoms with Crippen LogP contribution in [0.5, 0.6) is 0 Å². The highest BCUT2D eigenvalue weighted by Crippen LogP contribution is 2.16. The minimum Gasteiger partial charge on any atom is -0.357 e. The minimum atomic E-state index is 0.120. The third-order valence-corrected chi connectivity index (χ3v) is 4.00. The maximum Gasteiger partial charge on any atom is 0.128 e. The van der Waals surface area contributed by atoms with Crippen molar-refractivity contribution in [2.75, 3.05) is 24.0 Å². The van der Waals surface area contributed by atoms with Crippen LogP contribution in [0.25, 0.3) is 0 Å². The quantitative estimate of drug-likeness (QED) is 0.832. The van der Waals surface area contributed by atoms with Crippen molar-refractivity contribution in [1.82, 2.24) is 10.3 Å². The molecule has 0 aliphatic carbocycles. The fraction of sp³-hybridized carbons (Fsp3) is 0.688. The Morgan fingerprint density at radius 2 is 2.05 bits per heavy atom. The lowest BCUT2D eigenvalue weighted by atomic mass is 10.1. The van der Waals surface area contributed by atoms with Crippen molar-refractivity contribution < 1.29 is 0 Å². The van der Waals surface area contributed by atoms with Crippen LogP contribution in [0.3, 0.4) is 0 Å². The van der Waals surface area contributed by atoms with E-state index in [1.54, 1.807) is 0 Å². The summed E-state index contributed by atoms with van der Waals surface area (Å²) in [6, 6.07) is 6.79. The summed E-state index contributed by atoms with van der Waals surface area (Å²) >= 11 is 1.90. The van der Waals surface area contributed by atoms with Gasteiger partial charge in [-0.1, -0.05) is 6.07 Å². The van der Waals surface area contributed by atoms with Gasteiger partial charge in [0.2, 0.25) is 0 Å². The van der Waals surface area contributed by atoms with Crippen LogP contribution in [0, 0.1) is 0 Å². The lowest BCUT2D eigenvalue weighted by Crippen LogP contribution is -2.35. The van der Waals surface area contributed by atoms with Gasteiger partial charge in [0.05, 0.1) is 5.69 Å². The standard InChI is InChI=1S/C16H29N3S/c1-13(10-11-20-6)19(5)15-9-7-8-14(18-15)12-17-16(2,3)4/h7-9,13,17H,10-12H2,1-6H3. The second kappa shape index (κ2) is 7.89. The largest absolute Gasteiger partial charge is 0.357 e. The smallest absolute Gasteiger partial charge is 0.128 e. The predicted molar refractivity (Wildman–Crippen MR) is 91.7 cm³/mol. The number of rotatable bonds is 7. The zero-order chi connectivity index (χ0) is 15.2. The van der Waals surface area contributed by atoms with Gasteiger partial charge in [0.25, 0.3) is 0 Å². The SMILES string of the molecule is CSCCC(C)N(C)c1cccc(CNC(C)(C)C)n1. The Morgan fingerprint density at radius 1 is 1.35 bits per heavy atom. The van der Waals surface area contributed by atoms with Gasteiger partial charge in [0, 0.05) is 25.2 Å². The first-order valence-electron chi connectivity index (χ1n) is 7.26. The van der Waals surface area contributed by atoms with Gasteiger partial charge in [-0.3, -0.25) is 0 Å². The van der Waals surface area contributed by atoms with E-state index in [1.807, 2.05) is 11.8 Å². The molecule has 1 atom stereocenters. The summed E-state index contributed by atoms with van der Waals surface area (Å²) in [5.74, 6) is 2.25. The average molecular weight is 295 g/mol. The van der Waals surface area contributed by atoms with E-state index in [9.17, 15) is 0 Å². The second-order valence-electron chi connectivity index (χ2n) is 6.33. The Balaban J connectivity index is 2.67. The maximum absolute atomic E-state index is 4.76. The molecule has 1 unspecified atom stereocenters. The first-order valence-corrected chi connectivity index (χ1v) is 8.65. The number of aromatic nitrogens is 1. The zero-order valence-corrected chi connectivity index (χ0v) is 14.5. The molecule has 1 N–H and O–H groups in total. The summed E-state index contributed by atoms with van der Waals surface area (Å²) < 4.78 is 0. The van der Waals surface area contributed by atoms with Crippen LogP contribution >= 0.6 is 11.8 Å². The predicted octanol–water partition coefficient (Wildman–Crippen LogP) is 3.55. The van der Waals surface area contributed by atoms with Gasteiger partial charge >= 0.3 is 0 Å². The molecule has 0 aromatic carbocycles. The Bertz CT molecular complexity index is 401. The van der Waals surface area contributed by atoms with Gasteiger partial charge in [-0.2, -0.15) is 11.8 Å². The summed E-state index contributed by atoms with van der Waals surface area (Å²) in [6.07, 6.45) is 3.34. The van der Waals surface area contributed by atoms with Crippen molar-refractivity contribution in [3.05, 3.63) is 23.9 Å². The fourth-order valence-electron chi connectivity index (χ4n) is 1.83. The zero-order valence-electron chi connectivity index (χ0n) is 13.7. The lowest BCUT2D eigenvalue weighted by Gasteiger charge is -2.26. The van der Waals surface area contributed by atoms with E-state index >= 15 is 0 Å². The molecule has 1 aromatic heterocycles. The third-order valence-electron chi connectivity index (χ3n) is 3.35. The molecule has 0 saturated heterocycles. The summed E-state index contributed by atoms with van der Waals surface area (Å²) in [7, 11) is 2.13. The highest BCUT2D eigenvalue weighted by Gasteiger charge is 2.12. The number of hydrogen-bond donors (Lipinski definition) is 1. The molecule has 0 aliphatic heterocycles. The number of nitrogens with one attached hydrogen (secondary N) is 1. The molecule has 1 rings (SSSR count). The van der Waals surface area contributed by atoms with Crippen LogP contribution in [0.15, 0.2) is 18.2 Å². The van der Waals surface area contributed by atoms with Crippen LogP contribution in [0.1, 0.15) is 39.8 Å².